The van der Waals surface area contributed by atoms with Gasteiger partial charge in [-0.2, -0.15) is 0 Å². The van der Waals surface area contributed by atoms with Gasteiger partial charge in [-0.3, -0.25) is 0 Å². The fourth-order valence-electron chi connectivity index (χ4n) is 1.39. The van der Waals surface area contributed by atoms with Crippen LogP contribution in [0.4, 0.5) is 4.39 Å². The Morgan fingerprint density at radius 3 is 2.50 bits per heavy atom. The molecular formula is C14H23FN2O. The van der Waals surface area contributed by atoms with Crippen molar-refractivity contribution in [3.63, 3.8) is 0 Å². The van der Waals surface area contributed by atoms with Crippen LogP contribution in [0.1, 0.15) is 32.4 Å². The van der Waals surface area contributed by atoms with E-state index in [9.17, 15) is 4.39 Å². The third kappa shape index (κ3) is 3.68. The lowest BCUT2D eigenvalue weighted by Crippen LogP contribution is -2.43. The van der Waals surface area contributed by atoms with E-state index in [0.29, 0.717) is 17.9 Å². The number of hydrogen-bond donors (Lipinski definition) is 1. The Labute approximate surface area is 109 Å². The molecule has 1 aromatic rings. The molecule has 0 bridgehead atoms. The molecule has 4 heteroatoms. The first-order valence-corrected chi connectivity index (χ1v) is 6.09. The Morgan fingerprint density at radius 2 is 2.00 bits per heavy atom. The van der Waals surface area contributed by atoms with E-state index >= 15 is 0 Å². The zero-order valence-electron chi connectivity index (χ0n) is 11.8. The lowest BCUT2D eigenvalue weighted by Gasteiger charge is -2.32. The van der Waals surface area contributed by atoms with Crippen LogP contribution in [0.25, 0.3) is 0 Å². The second-order valence-corrected chi connectivity index (χ2v) is 5.47. The first-order valence-electron chi connectivity index (χ1n) is 6.09. The molecule has 0 aliphatic rings. The Hall–Kier alpha value is -1.13. The molecule has 0 unspecified atom stereocenters. The van der Waals surface area contributed by atoms with Crippen LogP contribution in [-0.4, -0.2) is 31.1 Å². The number of hydrogen-bond acceptors (Lipinski definition) is 3. The van der Waals surface area contributed by atoms with E-state index < -0.39 is 0 Å². The standard InChI is InChI=1S/C14H23FN2O/c1-10(16)12-8-11(15)6-7-13(12)18-9-14(2,3)17(4)5/h6-8,10H,9,16H2,1-5H3/t10-/m0/s1. The number of ether oxygens (including phenoxy) is 1. The molecule has 0 heterocycles. The van der Waals surface area contributed by atoms with E-state index in [2.05, 4.69) is 18.7 Å². The highest BCUT2D eigenvalue weighted by Crippen LogP contribution is 2.26. The number of nitrogens with two attached hydrogens (primary N) is 1. The summed E-state index contributed by atoms with van der Waals surface area (Å²) in [4.78, 5) is 2.09. The number of halogens is 1. The normalized spacial score (nSPS) is 13.8. The average molecular weight is 254 g/mol. The smallest absolute Gasteiger partial charge is 0.124 e. The largest absolute Gasteiger partial charge is 0.491 e. The Bertz CT molecular complexity index is 403. The second kappa shape index (κ2) is 5.67. The van der Waals surface area contributed by atoms with Crippen molar-refractivity contribution >= 4 is 0 Å². The summed E-state index contributed by atoms with van der Waals surface area (Å²) >= 11 is 0. The Morgan fingerprint density at radius 1 is 1.39 bits per heavy atom. The van der Waals surface area contributed by atoms with E-state index in [0.717, 1.165) is 0 Å². The van der Waals surface area contributed by atoms with Gasteiger partial charge in [0.2, 0.25) is 0 Å². The minimum atomic E-state index is -0.290. The van der Waals surface area contributed by atoms with Gasteiger partial charge >= 0.3 is 0 Å². The molecule has 0 saturated heterocycles. The zero-order valence-corrected chi connectivity index (χ0v) is 11.8. The van der Waals surface area contributed by atoms with Crippen LogP contribution in [0.15, 0.2) is 18.2 Å². The SMILES string of the molecule is C[C@H](N)c1cc(F)ccc1OCC(C)(C)N(C)C. The summed E-state index contributed by atoms with van der Waals surface area (Å²) in [5, 5.41) is 0. The van der Waals surface area contributed by atoms with Gasteiger partial charge in [0.05, 0.1) is 0 Å². The van der Waals surface area contributed by atoms with Crippen molar-refractivity contribution in [2.24, 2.45) is 5.73 Å². The first kappa shape index (κ1) is 14.9. The predicted molar refractivity (Wildman–Crippen MR) is 72.3 cm³/mol. The van der Waals surface area contributed by atoms with Crippen LogP contribution in [0.2, 0.25) is 0 Å². The van der Waals surface area contributed by atoms with Crippen molar-refractivity contribution in [3.05, 3.63) is 29.6 Å². The molecule has 0 aliphatic carbocycles. The third-order valence-corrected chi connectivity index (χ3v) is 3.25. The van der Waals surface area contributed by atoms with Gasteiger partial charge in [-0.25, -0.2) is 4.39 Å². The summed E-state index contributed by atoms with van der Waals surface area (Å²) in [6, 6.07) is 4.21. The number of benzene rings is 1. The minimum Gasteiger partial charge on any atom is -0.491 e. The maximum absolute atomic E-state index is 13.2. The molecule has 1 aromatic carbocycles. The predicted octanol–water partition coefficient (Wildman–Crippen LogP) is 2.56. The van der Waals surface area contributed by atoms with Gasteiger partial charge in [0.15, 0.2) is 0 Å². The van der Waals surface area contributed by atoms with Crippen molar-refractivity contribution in [1.82, 2.24) is 4.90 Å². The fourth-order valence-corrected chi connectivity index (χ4v) is 1.39. The highest BCUT2D eigenvalue weighted by atomic mass is 19.1. The first-order chi connectivity index (χ1) is 8.24. The van der Waals surface area contributed by atoms with Crippen molar-refractivity contribution < 1.29 is 9.13 Å². The summed E-state index contributed by atoms with van der Waals surface area (Å²) in [5.41, 5.74) is 6.43. The summed E-state index contributed by atoms with van der Waals surface area (Å²) in [7, 11) is 4.00. The fraction of sp³-hybridized carbons (Fsp3) is 0.571. The quantitative estimate of drug-likeness (QED) is 0.877. The molecule has 0 radical (unpaired) electrons. The maximum atomic E-state index is 13.2. The van der Waals surface area contributed by atoms with Gasteiger partial charge < -0.3 is 15.4 Å². The molecule has 102 valence electrons. The van der Waals surface area contributed by atoms with Crippen LogP contribution in [0.5, 0.6) is 5.75 Å². The highest BCUT2D eigenvalue weighted by molar-refractivity contribution is 5.36. The van der Waals surface area contributed by atoms with Gasteiger partial charge in [-0.1, -0.05) is 0 Å². The van der Waals surface area contributed by atoms with Gasteiger partial charge in [0.25, 0.3) is 0 Å². The lowest BCUT2D eigenvalue weighted by atomic mass is 10.1. The molecule has 0 fully saturated rings. The molecule has 3 nitrogen and oxygen atoms in total. The maximum Gasteiger partial charge on any atom is 0.124 e. The van der Waals surface area contributed by atoms with Crippen molar-refractivity contribution in [1.29, 1.82) is 0 Å². The number of likely N-dealkylation sites (N-methyl/N-ethyl adjacent to an activating group) is 1. The van der Waals surface area contributed by atoms with Crippen LogP contribution >= 0.6 is 0 Å². The van der Waals surface area contributed by atoms with Crippen LogP contribution in [0.3, 0.4) is 0 Å². The van der Waals surface area contributed by atoms with Crippen LogP contribution in [0, 0.1) is 5.82 Å². The number of rotatable bonds is 5. The minimum absolute atomic E-state index is 0.0938. The lowest BCUT2D eigenvalue weighted by molar-refractivity contribution is 0.113. The molecule has 0 saturated carbocycles. The average Bonchev–Trinajstić information content (AvgIpc) is 2.27. The summed E-state index contributed by atoms with van der Waals surface area (Å²) < 4.78 is 19.0. The topological polar surface area (TPSA) is 38.5 Å². The highest BCUT2D eigenvalue weighted by Gasteiger charge is 2.22. The molecule has 1 rings (SSSR count). The second-order valence-electron chi connectivity index (χ2n) is 5.47. The summed E-state index contributed by atoms with van der Waals surface area (Å²) in [5.74, 6) is 0.364. The monoisotopic (exact) mass is 254 g/mol. The zero-order chi connectivity index (χ0) is 13.9. The van der Waals surface area contributed by atoms with E-state index in [1.54, 1.807) is 6.07 Å². The number of nitrogens with zero attached hydrogens (tertiary/aromatic N) is 1. The molecule has 18 heavy (non-hydrogen) atoms. The summed E-state index contributed by atoms with van der Waals surface area (Å²) in [6.45, 7) is 6.51. The molecular weight excluding hydrogens is 231 g/mol. The van der Waals surface area contributed by atoms with Crippen molar-refractivity contribution in [3.8, 4) is 5.75 Å². The third-order valence-electron chi connectivity index (χ3n) is 3.25. The molecule has 0 aliphatic heterocycles. The van der Waals surface area contributed by atoms with Crippen molar-refractivity contribution in [2.45, 2.75) is 32.4 Å². The van der Waals surface area contributed by atoms with E-state index in [1.165, 1.54) is 12.1 Å². The Kier molecular flexibility index (Phi) is 4.71. The van der Waals surface area contributed by atoms with E-state index in [4.69, 9.17) is 10.5 Å². The summed E-state index contributed by atoms with van der Waals surface area (Å²) in [6.07, 6.45) is 0. The van der Waals surface area contributed by atoms with Crippen LogP contribution in [-0.2, 0) is 0 Å². The van der Waals surface area contributed by atoms with Gasteiger partial charge in [0.1, 0.15) is 18.2 Å². The Balaban J connectivity index is 2.85. The van der Waals surface area contributed by atoms with Crippen molar-refractivity contribution in [2.75, 3.05) is 20.7 Å². The van der Waals surface area contributed by atoms with Crippen LogP contribution < -0.4 is 10.5 Å². The molecule has 0 amide bonds. The molecule has 1 atom stereocenters. The molecule has 0 aromatic heterocycles. The van der Waals surface area contributed by atoms with Gasteiger partial charge in [-0.15, -0.1) is 0 Å². The molecule has 2 N–H and O–H groups in total. The van der Waals surface area contributed by atoms with Gasteiger partial charge in [-0.05, 0) is 53.1 Å². The van der Waals surface area contributed by atoms with E-state index in [-0.39, 0.29) is 17.4 Å². The molecule has 0 spiro atoms. The van der Waals surface area contributed by atoms with E-state index in [1.807, 2.05) is 21.0 Å². The van der Waals surface area contributed by atoms with Gasteiger partial charge in [0, 0.05) is 17.1 Å².